The number of fused-ring (bicyclic) bond motifs is 1. The topological polar surface area (TPSA) is 80.4 Å². The fourth-order valence-corrected chi connectivity index (χ4v) is 6.20. The largest absolute Gasteiger partial charge is 0.467 e. The number of benzene rings is 2. The molecule has 1 aliphatic rings. The first kappa shape index (κ1) is 27.7. The van der Waals surface area contributed by atoms with Crippen LogP contribution < -0.4 is 10.2 Å². The van der Waals surface area contributed by atoms with Crippen molar-refractivity contribution in [3.63, 3.8) is 0 Å². The molecule has 208 valence electrons. The minimum absolute atomic E-state index is 0.123. The second-order valence-electron chi connectivity index (χ2n) is 11.1. The van der Waals surface area contributed by atoms with Gasteiger partial charge in [0.05, 0.1) is 35.2 Å². The molecule has 9 heteroatoms. The number of rotatable bonds is 6. The maximum atomic E-state index is 14.5. The van der Waals surface area contributed by atoms with Crippen molar-refractivity contribution >= 4 is 29.4 Å². The molecule has 0 unspecified atom stereocenters. The summed E-state index contributed by atoms with van der Waals surface area (Å²) < 4.78 is 21.6. The van der Waals surface area contributed by atoms with E-state index in [4.69, 9.17) is 9.52 Å². The maximum Gasteiger partial charge on any atom is 0.240 e. The molecule has 40 heavy (non-hydrogen) atoms. The molecule has 5 rings (SSSR count). The maximum absolute atomic E-state index is 14.5. The van der Waals surface area contributed by atoms with Crippen LogP contribution in [0.15, 0.2) is 65.3 Å². The van der Waals surface area contributed by atoms with Gasteiger partial charge in [0.2, 0.25) is 11.8 Å². The molecular weight excluding hydrogens is 527 g/mol. The SMILES string of the molecule is Cc1ccc(-n2nc(C(C)(C)C)c3c2N(CC(=O)NCc2ccco2)C(=O)CS[C@@H]3c2cccc(F)c2)c(C)c1. The van der Waals surface area contributed by atoms with Crippen molar-refractivity contribution in [3.8, 4) is 5.69 Å². The number of hydrogen-bond donors (Lipinski definition) is 1. The van der Waals surface area contributed by atoms with E-state index in [9.17, 15) is 14.0 Å². The van der Waals surface area contributed by atoms with Gasteiger partial charge < -0.3 is 9.73 Å². The standard InChI is InChI=1S/C31H33FN4O3S/c1-19-11-12-24(20(2)14-19)36-30-27(29(34-36)31(3,4)5)28(21-8-6-9-22(32)15-21)40-18-26(38)35(30)17-25(37)33-16-23-10-7-13-39-23/h6-15,28H,16-18H2,1-5H3,(H,33,37)/t28-/m1/s1. The predicted octanol–water partition coefficient (Wildman–Crippen LogP) is 6.00. The Morgan fingerprint density at radius 1 is 1.15 bits per heavy atom. The Morgan fingerprint density at radius 2 is 1.95 bits per heavy atom. The summed E-state index contributed by atoms with van der Waals surface area (Å²) in [5.74, 6) is 0.393. The molecule has 0 saturated carbocycles. The van der Waals surface area contributed by atoms with E-state index < -0.39 is 5.41 Å². The third-order valence-electron chi connectivity index (χ3n) is 6.87. The summed E-state index contributed by atoms with van der Waals surface area (Å²) in [6.07, 6.45) is 1.55. The molecule has 0 saturated heterocycles. The highest BCUT2D eigenvalue weighted by atomic mass is 32.2. The number of aryl methyl sites for hydroxylation is 2. The van der Waals surface area contributed by atoms with Crippen LogP contribution in [0, 0.1) is 19.7 Å². The molecule has 1 N–H and O–H groups in total. The summed E-state index contributed by atoms with van der Waals surface area (Å²) in [5.41, 5.74) is 4.85. The van der Waals surface area contributed by atoms with Crippen LogP contribution in [0.1, 0.15) is 59.7 Å². The molecule has 3 heterocycles. The molecule has 2 amide bonds. The second kappa shape index (κ2) is 11.0. The second-order valence-corrected chi connectivity index (χ2v) is 12.2. The zero-order chi connectivity index (χ0) is 28.6. The lowest BCUT2D eigenvalue weighted by molar-refractivity contribution is -0.123. The lowest BCUT2D eigenvalue weighted by atomic mass is 9.87. The Labute approximate surface area is 237 Å². The van der Waals surface area contributed by atoms with E-state index in [0.29, 0.717) is 11.6 Å². The van der Waals surface area contributed by atoms with Gasteiger partial charge >= 0.3 is 0 Å². The van der Waals surface area contributed by atoms with Crippen LogP contribution in [0.4, 0.5) is 10.2 Å². The van der Waals surface area contributed by atoms with Gasteiger partial charge in [0.15, 0.2) is 0 Å². The number of carbonyl (C=O) groups excluding carboxylic acids is 2. The Morgan fingerprint density at radius 3 is 2.62 bits per heavy atom. The van der Waals surface area contributed by atoms with Crippen LogP contribution in [0.5, 0.6) is 0 Å². The number of anilines is 1. The van der Waals surface area contributed by atoms with Gasteiger partial charge in [0.25, 0.3) is 0 Å². The Balaban J connectivity index is 1.70. The van der Waals surface area contributed by atoms with E-state index in [1.807, 2.05) is 32.0 Å². The van der Waals surface area contributed by atoms with E-state index in [1.54, 1.807) is 29.1 Å². The molecule has 1 aliphatic heterocycles. The van der Waals surface area contributed by atoms with Gasteiger partial charge in [0.1, 0.15) is 23.9 Å². The van der Waals surface area contributed by atoms with Gasteiger partial charge in [0, 0.05) is 11.0 Å². The van der Waals surface area contributed by atoms with Crippen LogP contribution in [-0.4, -0.2) is 33.9 Å². The summed E-state index contributed by atoms with van der Waals surface area (Å²) in [7, 11) is 0. The fraction of sp³-hybridized carbons (Fsp3) is 0.323. The van der Waals surface area contributed by atoms with Crippen molar-refractivity contribution < 1.29 is 18.4 Å². The molecule has 0 aliphatic carbocycles. The van der Waals surface area contributed by atoms with Gasteiger partial charge in [-0.2, -0.15) is 5.10 Å². The average Bonchev–Trinajstić information content (AvgIpc) is 3.52. The van der Waals surface area contributed by atoms with Crippen molar-refractivity contribution in [2.24, 2.45) is 0 Å². The molecule has 7 nitrogen and oxygen atoms in total. The first-order valence-corrected chi connectivity index (χ1v) is 14.3. The van der Waals surface area contributed by atoms with E-state index in [2.05, 4.69) is 32.2 Å². The Bertz CT molecular complexity index is 1560. The molecule has 0 bridgehead atoms. The quantitative estimate of drug-likeness (QED) is 0.313. The molecule has 0 fully saturated rings. The number of furan rings is 1. The molecule has 0 radical (unpaired) electrons. The number of amides is 2. The van der Waals surface area contributed by atoms with E-state index in [1.165, 1.54) is 28.8 Å². The smallest absolute Gasteiger partial charge is 0.240 e. The predicted molar refractivity (Wildman–Crippen MR) is 155 cm³/mol. The number of nitrogens with one attached hydrogen (secondary N) is 1. The first-order chi connectivity index (χ1) is 19.0. The van der Waals surface area contributed by atoms with E-state index in [-0.39, 0.29) is 41.7 Å². The van der Waals surface area contributed by atoms with Crippen LogP contribution in [0.3, 0.4) is 0 Å². The Kier molecular flexibility index (Phi) is 7.59. The minimum Gasteiger partial charge on any atom is -0.467 e. The minimum atomic E-state index is -0.402. The average molecular weight is 561 g/mol. The number of nitrogens with zero attached hydrogens (tertiary/aromatic N) is 3. The van der Waals surface area contributed by atoms with Crippen LogP contribution in [0.25, 0.3) is 5.69 Å². The summed E-state index contributed by atoms with van der Waals surface area (Å²) in [6.45, 7) is 10.3. The van der Waals surface area contributed by atoms with Gasteiger partial charge in [-0.05, 0) is 55.3 Å². The van der Waals surface area contributed by atoms with Gasteiger partial charge in [-0.1, -0.05) is 50.6 Å². The molecule has 1 atom stereocenters. The van der Waals surface area contributed by atoms with E-state index >= 15 is 0 Å². The number of halogens is 1. The van der Waals surface area contributed by atoms with Crippen molar-refractivity contribution in [2.75, 3.05) is 17.2 Å². The molecule has 4 aromatic rings. The summed E-state index contributed by atoms with van der Waals surface area (Å²) >= 11 is 1.43. The zero-order valence-electron chi connectivity index (χ0n) is 23.3. The number of hydrogen-bond acceptors (Lipinski definition) is 5. The Hall–Kier alpha value is -3.85. The van der Waals surface area contributed by atoms with Crippen molar-refractivity contribution in [3.05, 3.63) is 100 Å². The molecular formula is C31H33FN4O3S. The summed E-state index contributed by atoms with van der Waals surface area (Å²) in [4.78, 5) is 28.5. The lowest BCUT2D eigenvalue weighted by Crippen LogP contribution is -2.42. The number of aromatic nitrogens is 2. The lowest BCUT2D eigenvalue weighted by Gasteiger charge is -2.25. The van der Waals surface area contributed by atoms with Gasteiger partial charge in [-0.3, -0.25) is 14.5 Å². The van der Waals surface area contributed by atoms with Crippen molar-refractivity contribution in [2.45, 2.75) is 51.8 Å². The normalized spacial score (nSPS) is 15.6. The van der Waals surface area contributed by atoms with Crippen molar-refractivity contribution in [1.29, 1.82) is 0 Å². The first-order valence-electron chi connectivity index (χ1n) is 13.2. The highest BCUT2D eigenvalue weighted by Crippen LogP contribution is 2.48. The van der Waals surface area contributed by atoms with Crippen LogP contribution in [0.2, 0.25) is 0 Å². The molecule has 2 aromatic carbocycles. The summed E-state index contributed by atoms with van der Waals surface area (Å²) in [6, 6.07) is 16.1. The van der Waals surface area contributed by atoms with E-state index in [0.717, 1.165) is 33.6 Å². The van der Waals surface area contributed by atoms with Crippen LogP contribution in [-0.2, 0) is 21.5 Å². The zero-order valence-corrected chi connectivity index (χ0v) is 24.1. The highest BCUT2D eigenvalue weighted by Gasteiger charge is 2.40. The number of thioether (sulfide) groups is 1. The van der Waals surface area contributed by atoms with Crippen LogP contribution >= 0.6 is 11.8 Å². The highest BCUT2D eigenvalue weighted by molar-refractivity contribution is 8.00. The monoisotopic (exact) mass is 560 g/mol. The van der Waals surface area contributed by atoms with Crippen molar-refractivity contribution in [1.82, 2.24) is 15.1 Å². The summed E-state index contributed by atoms with van der Waals surface area (Å²) in [5, 5.41) is 7.61. The molecule has 2 aromatic heterocycles. The third-order valence-corrected chi connectivity index (χ3v) is 8.13. The number of carbonyl (C=O) groups is 2. The molecule has 0 spiro atoms. The fourth-order valence-electron chi connectivity index (χ4n) is 5.02. The third kappa shape index (κ3) is 5.56. The van der Waals surface area contributed by atoms with Gasteiger partial charge in [-0.15, -0.1) is 11.8 Å². The van der Waals surface area contributed by atoms with Gasteiger partial charge in [-0.25, -0.2) is 9.07 Å².